The first-order chi connectivity index (χ1) is 8.90. The second-order valence-corrected chi connectivity index (χ2v) is 4.45. The molecule has 0 spiro atoms. The number of amides is 2. The van der Waals surface area contributed by atoms with Crippen LogP contribution in [0.5, 0.6) is 0 Å². The number of allylic oxidation sites excluding steroid dienone is 1. The molecule has 0 aromatic heterocycles. The summed E-state index contributed by atoms with van der Waals surface area (Å²) in [5, 5.41) is 15.7. The van der Waals surface area contributed by atoms with Crippen molar-refractivity contribution in [3.63, 3.8) is 0 Å². The maximum absolute atomic E-state index is 11.6. The summed E-state index contributed by atoms with van der Waals surface area (Å²) >= 11 is 0. The van der Waals surface area contributed by atoms with Gasteiger partial charge < -0.3 is 10.6 Å². The number of rotatable bonds is 4. The van der Waals surface area contributed by atoms with E-state index >= 15 is 0 Å². The molecular weight excluding hydrogens is 246 g/mol. The van der Waals surface area contributed by atoms with Crippen LogP contribution in [0.1, 0.15) is 20.8 Å². The largest absolute Gasteiger partial charge is 0.323 e. The van der Waals surface area contributed by atoms with Crippen LogP contribution in [-0.4, -0.2) is 11.0 Å². The van der Waals surface area contributed by atoms with Crippen LogP contribution in [0.15, 0.2) is 36.0 Å². The van der Waals surface area contributed by atoms with E-state index in [1.165, 1.54) is 18.2 Å². The van der Waals surface area contributed by atoms with Gasteiger partial charge in [-0.25, -0.2) is 4.79 Å². The van der Waals surface area contributed by atoms with Gasteiger partial charge in [0.05, 0.1) is 4.92 Å². The van der Waals surface area contributed by atoms with Crippen LogP contribution in [0.2, 0.25) is 0 Å². The van der Waals surface area contributed by atoms with Crippen LogP contribution in [0, 0.1) is 16.0 Å². The molecule has 0 saturated carbocycles. The summed E-state index contributed by atoms with van der Waals surface area (Å²) < 4.78 is 0. The second kappa shape index (κ2) is 6.53. The number of anilines is 1. The fraction of sp³-hybridized carbons (Fsp3) is 0.308. The molecule has 102 valence electrons. The molecule has 0 unspecified atom stereocenters. The van der Waals surface area contributed by atoms with Crippen molar-refractivity contribution < 1.29 is 9.72 Å². The number of non-ortho nitro benzene ring substituents is 1. The number of nitro groups is 1. The van der Waals surface area contributed by atoms with Crippen LogP contribution in [-0.2, 0) is 0 Å². The van der Waals surface area contributed by atoms with Gasteiger partial charge in [-0.05, 0) is 18.9 Å². The number of nitro benzene ring substituents is 1. The summed E-state index contributed by atoms with van der Waals surface area (Å²) in [7, 11) is 0. The summed E-state index contributed by atoms with van der Waals surface area (Å²) in [6, 6.07) is 5.35. The molecule has 0 atom stereocenters. The monoisotopic (exact) mass is 263 g/mol. The number of nitrogens with one attached hydrogen (secondary N) is 2. The fourth-order valence-electron chi connectivity index (χ4n) is 1.21. The van der Waals surface area contributed by atoms with E-state index in [1.807, 2.05) is 20.8 Å². The molecule has 19 heavy (non-hydrogen) atoms. The summed E-state index contributed by atoms with van der Waals surface area (Å²) in [6.07, 6.45) is 1.62. The van der Waals surface area contributed by atoms with Gasteiger partial charge in [-0.3, -0.25) is 10.1 Å². The van der Waals surface area contributed by atoms with Crippen LogP contribution < -0.4 is 10.6 Å². The number of hydrogen-bond donors (Lipinski definition) is 2. The van der Waals surface area contributed by atoms with Crippen molar-refractivity contribution in [1.82, 2.24) is 5.32 Å². The minimum absolute atomic E-state index is 0.0632. The summed E-state index contributed by atoms with van der Waals surface area (Å²) in [4.78, 5) is 21.7. The summed E-state index contributed by atoms with van der Waals surface area (Å²) in [5.74, 6) is 0.345. The Morgan fingerprint density at radius 1 is 1.42 bits per heavy atom. The van der Waals surface area contributed by atoms with Crippen molar-refractivity contribution in [2.75, 3.05) is 5.32 Å². The Balaban J connectivity index is 2.65. The average molecular weight is 263 g/mol. The zero-order chi connectivity index (χ0) is 14.4. The first-order valence-electron chi connectivity index (χ1n) is 5.88. The van der Waals surface area contributed by atoms with E-state index in [9.17, 15) is 14.9 Å². The zero-order valence-corrected chi connectivity index (χ0v) is 11.1. The van der Waals surface area contributed by atoms with E-state index in [2.05, 4.69) is 10.6 Å². The van der Waals surface area contributed by atoms with Crippen molar-refractivity contribution in [2.45, 2.75) is 20.8 Å². The third-order valence-corrected chi connectivity index (χ3v) is 2.66. The summed E-state index contributed by atoms with van der Waals surface area (Å²) in [5.41, 5.74) is 1.35. The van der Waals surface area contributed by atoms with Gasteiger partial charge in [0, 0.05) is 24.0 Å². The molecule has 1 aromatic carbocycles. The van der Waals surface area contributed by atoms with Gasteiger partial charge in [-0.1, -0.05) is 25.5 Å². The first-order valence-corrected chi connectivity index (χ1v) is 5.88. The number of nitrogens with zero attached hydrogens (tertiary/aromatic N) is 1. The normalized spacial score (nSPS) is 11.3. The molecule has 6 nitrogen and oxygen atoms in total. The minimum Gasteiger partial charge on any atom is -0.314 e. The Hall–Kier alpha value is -2.37. The first kappa shape index (κ1) is 14.7. The van der Waals surface area contributed by atoms with Gasteiger partial charge >= 0.3 is 6.03 Å². The van der Waals surface area contributed by atoms with Gasteiger partial charge in [0.25, 0.3) is 5.69 Å². The van der Waals surface area contributed by atoms with Gasteiger partial charge in [-0.15, -0.1) is 0 Å². The molecule has 0 aliphatic carbocycles. The third kappa shape index (κ3) is 4.79. The molecule has 0 fully saturated rings. The Bertz CT molecular complexity index is 510. The molecule has 0 bridgehead atoms. The smallest absolute Gasteiger partial charge is 0.314 e. The number of benzene rings is 1. The van der Waals surface area contributed by atoms with Crippen LogP contribution in [0.4, 0.5) is 16.2 Å². The SMILES string of the molecule is C/C(=C\NC(=O)Nc1cccc([N+](=O)[O-])c1)C(C)C. The molecule has 0 saturated heterocycles. The maximum atomic E-state index is 11.6. The molecule has 2 amide bonds. The Morgan fingerprint density at radius 3 is 2.68 bits per heavy atom. The molecule has 0 heterocycles. The van der Waals surface area contributed by atoms with E-state index in [1.54, 1.807) is 12.3 Å². The zero-order valence-electron chi connectivity index (χ0n) is 11.1. The minimum atomic E-state index is -0.508. The highest BCUT2D eigenvalue weighted by Gasteiger charge is 2.07. The van der Waals surface area contributed by atoms with Gasteiger partial charge in [0.15, 0.2) is 0 Å². The van der Waals surface area contributed by atoms with Gasteiger partial charge in [-0.2, -0.15) is 0 Å². The molecule has 0 radical (unpaired) electrons. The average Bonchev–Trinajstić information content (AvgIpc) is 2.36. The van der Waals surface area contributed by atoms with Crippen LogP contribution in [0.25, 0.3) is 0 Å². The Kier molecular flexibility index (Phi) is 5.05. The number of urea groups is 1. The van der Waals surface area contributed by atoms with Crippen molar-refractivity contribution in [3.05, 3.63) is 46.2 Å². The van der Waals surface area contributed by atoms with E-state index in [0.29, 0.717) is 11.6 Å². The molecular formula is C13H17N3O3. The van der Waals surface area contributed by atoms with E-state index in [-0.39, 0.29) is 5.69 Å². The molecule has 1 rings (SSSR count). The second-order valence-electron chi connectivity index (χ2n) is 4.45. The van der Waals surface area contributed by atoms with Gasteiger partial charge in [0.1, 0.15) is 0 Å². The van der Waals surface area contributed by atoms with Crippen molar-refractivity contribution in [3.8, 4) is 0 Å². The number of hydrogen-bond acceptors (Lipinski definition) is 3. The van der Waals surface area contributed by atoms with Crippen LogP contribution in [0.3, 0.4) is 0 Å². The van der Waals surface area contributed by atoms with E-state index < -0.39 is 11.0 Å². The lowest BCUT2D eigenvalue weighted by molar-refractivity contribution is -0.384. The highest BCUT2D eigenvalue weighted by molar-refractivity contribution is 5.90. The van der Waals surface area contributed by atoms with Crippen molar-refractivity contribution in [2.24, 2.45) is 5.92 Å². The third-order valence-electron chi connectivity index (χ3n) is 2.66. The molecule has 0 aliphatic heterocycles. The maximum Gasteiger partial charge on any atom is 0.323 e. The molecule has 0 aliphatic rings. The standard InChI is InChI=1S/C13H17N3O3/c1-9(2)10(3)8-14-13(17)15-11-5-4-6-12(7-11)16(18)19/h4-9H,1-3H3,(H2,14,15,17)/b10-8+. The number of carbonyl (C=O) groups is 1. The number of carbonyl (C=O) groups excluding carboxylic acids is 1. The van der Waals surface area contributed by atoms with Gasteiger partial charge in [0.2, 0.25) is 0 Å². The fourth-order valence-corrected chi connectivity index (χ4v) is 1.21. The summed E-state index contributed by atoms with van der Waals surface area (Å²) in [6.45, 7) is 5.95. The van der Waals surface area contributed by atoms with Crippen LogP contribution >= 0.6 is 0 Å². The van der Waals surface area contributed by atoms with Crippen molar-refractivity contribution in [1.29, 1.82) is 0 Å². The molecule has 2 N–H and O–H groups in total. The van der Waals surface area contributed by atoms with E-state index in [4.69, 9.17) is 0 Å². The lowest BCUT2D eigenvalue weighted by Crippen LogP contribution is -2.24. The predicted octanol–water partition coefficient (Wildman–Crippen LogP) is 3.28. The van der Waals surface area contributed by atoms with E-state index in [0.717, 1.165) is 5.57 Å². The highest BCUT2D eigenvalue weighted by Crippen LogP contribution is 2.16. The topological polar surface area (TPSA) is 84.3 Å². The Morgan fingerprint density at radius 2 is 2.11 bits per heavy atom. The quantitative estimate of drug-likeness (QED) is 0.645. The predicted molar refractivity (Wildman–Crippen MR) is 73.8 cm³/mol. The lowest BCUT2D eigenvalue weighted by atomic mass is 10.1. The lowest BCUT2D eigenvalue weighted by Gasteiger charge is -2.07. The Labute approximate surface area is 111 Å². The molecule has 6 heteroatoms. The van der Waals surface area contributed by atoms with Crippen molar-refractivity contribution >= 4 is 17.4 Å². The highest BCUT2D eigenvalue weighted by atomic mass is 16.6. The molecule has 1 aromatic rings.